The van der Waals surface area contributed by atoms with E-state index in [0.29, 0.717) is 11.9 Å². The molecule has 9 heteroatoms. The second kappa shape index (κ2) is 12.2. The van der Waals surface area contributed by atoms with Gasteiger partial charge in [-0.05, 0) is 37.6 Å². The molecule has 35 heavy (non-hydrogen) atoms. The number of methoxy groups -OCH3 is 1. The van der Waals surface area contributed by atoms with Gasteiger partial charge in [-0.15, -0.1) is 24.8 Å². The molecule has 5 rings (SSSR count). The van der Waals surface area contributed by atoms with Gasteiger partial charge in [0.25, 0.3) is 5.56 Å². The number of fused-ring (bicyclic) bond motifs is 3. The summed E-state index contributed by atoms with van der Waals surface area (Å²) in [6.07, 6.45) is 5.34. The molecule has 0 aliphatic carbocycles. The van der Waals surface area contributed by atoms with Crippen molar-refractivity contribution in [2.75, 3.05) is 44.7 Å². The Balaban J connectivity index is 0.00000171. The molecule has 7 nitrogen and oxygen atoms in total. The van der Waals surface area contributed by atoms with Crippen molar-refractivity contribution in [3.63, 3.8) is 0 Å². The van der Waals surface area contributed by atoms with Gasteiger partial charge in [0, 0.05) is 44.3 Å². The number of pyridine rings is 1. The number of para-hydroxylation sites is 3. The minimum Gasteiger partial charge on any atom is -0.495 e. The van der Waals surface area contributed by atoms with Gasteiger partial charge >= 0.3 is 0 Å². The summed E-state index contributed by atoms with van der Waals surface area (Å²) in [7, 11) is 1.73. The first-order valence-electron chi connectivity index (χ1n) is 11.6. The average molecular weight is 516 g/mol. The number of piperazine rings is 1. The molecule has 2 aromatic carbocycles. The van der Waals surface area contributed by atoms with Gasteiger partial charge in [0.05, 0.1) is 35.5 Å². The van der Waals surface area contributed by atoms with Gasteiger partial charge in [-0.1, -0.05) is 30.3 Å². The molecule has 0 saturated carbocycles. The molecule has 1 fully saturated rings. The summed E-state index contributed by atoms with van der Waals surface area (Å²) in [6, 6.07) is 16.0. The lowest BCUT2D eigenvalue weighted by atomic mass is 10.1. The highest BCUT2D eigenvalue weighted by atomic mass is 35.5. The van der Waals surface area contributed by atoms with E-state index in [9.17, 15) is 4.79 Å². The Labute approximate surface area is 217 Å². The van der Waals surface area contributed by atoms with Crippen LogP contribution in [-0.2, 0) is 6.54 Å². The van der Waals surface area contributed by atoms with Crippen LogP contribution in [0.15, 0.2) is 65.8 Å². The molecule has 0 amide bonds. The molecule has 186 valence electrons. The second-order valence-corrected chi connectivity index (χ2v) is 8.49. The summed E-state index contributed by atoms with van der Waals surface area (Å²) in [6.45, 7) is 5.78. The number of unbranched alkanes of at least 4 members (excludes halogenated alkanes) is 1. The topological polar surface area (TPSA) is 63.5 Å². The van der Waals surface area contributed by atoms with Gasteiger partial charge in [0.1, 0.15) is 5.75 Å². The molecular weight excluding hydrogens is 485 g/mol. The van der Waals surface area contributed by atoms with Crippen LogP contribution in [0.25, 0.3) is 21.8 Å². The Morgan fingerprint density at radius 2 is 1.57 bits per heavy atom. The lowest BCUT2D eigenvalue weighted by Crippen LogP contribution is -2.46. The number of anilines is 1. The largest absolute Gasteiger partial charge is 0.495 e. The Kier molecular flexibility index (Phi) is 9.32. The van der Waals surface area contributed by atoms with Gasteiger partial charge in [-0.25, -0.2) is 4.98 Å². The van der Waals surface area contributed by atoms with Crippen LogP contribution in [0.3, 0.4) is 0 Å². The van der Waals surface area contributed by atoms with Gasteiger partial charge in [-0.2, -0.15) is 0 Å². The third kappa shape index (κ3) is 5.69. The summed E-state index contributed by atoms with van der Waals surface area (Å²) < 4.78 is 7.23. The van der Waals surface area contributed by atoms with E-state index in [4.69, 9.17) is 4.74 Å². The minimum atomic E-state index is -0.0105. The van der Waals surface area contributed by atoms with Gasteiger partial charge in [0.15, 0.2) is 0 Å². The standard InChI is InChI=1S/C26H29N5O2.2ClH/c1-33-24-11-5-4-10-23(24)30-16-14-29(15-17-30)12-6-7-13-31-19-28-25-20-8-2-3-9-22(20)27-18-21(25)26(31)32;;/h2-5,8-11,18-19H,6-7,12-17H2,1H3;2*1H. The van der Waals surface area contributed by atoms with Crippen molar-refractivity contribution in [1.82, 2.24) is 19.4 Å². The van der Waals surface area contributed by atoms with Crippen molar-refractivity contribution in [2.45, 2.75) is 19.4 Å². The van der Waals surface area contributed by atoms with Crippen molar-refractivity contribution in [1.29, 1.82) is 0 Å². The van der Waals surface area contributed by atoms with Crippen molar-refractivity contribution in [2.24, 2.45) is 0 Å². The highest BCUT2D eigenvalue weighted by Crippen LogP contribution is 2.28. The molecular formula is C26H31Cl2N5O2. The second-order valence-electron chi connectivity index (χ2n) is 8.49. The number of aromatic nitrogens is 3. The maximum atomic E-state index is 12.9. The predicted molar refractivity (Wildman–Crippen MR) is 147 cm³/mol. The molecule has 3 heterocycles. The molecule has 0 N–H and O–H groups in total. The van der Waals surface area contributed by atoms with Crippen molar-refractivity contribution < 1.29 is 4.74 Å². The quantitative estimate of drug-likeness (QED) is 0.268. The lowest BCUT2D eigenvalue weighted by Gasteiger charge is -2.36. The Hall–Kier alpha value is -2.87. The van der Waals surface area contributed by atoms with Crippen LogP contribution >= 0.6 is 24.8 Å². The molecule has 1 saturated heterocycles. The highest BCUT2D eigenvalue weighted by molar-refractivity contribution is 6.02. The van der Waals surface area contributed by atoms with E-state index in [0.717, 1.165) is 67.7 Å². The number of halogens is 2. The van der Waals surface area contributed by atoms with Crippen LogP contribution in [0.4, 0.5) is 5.69 Å². The van der Waals surface area contributed by atoms with Gasteiger partial charge < -0.3 is 9.64 Å². The van der Waals surface area contributed by atoms with Crippen LogP contribution in [-0.4, -0.2) is 59.3 Å². The summed E-state index contributed by atoms with van der Waals surface area (Å²) in [4.78, 5) is 26.9. The fraction of sp³-hybridized carbons (Fsp3) is 0.346. The van der Waals surface area contributed by atoms with E-state index in [2.05, 4.69) is 31.9 Å². The lowest BCUT2D eigenvalue weighted by molar-refractivity contribution is 0.250. The average Bonchev–Trinajstić information content (AvgIpc) is 2.88. The predicted octanol–water partition coefficient (Wildman–Crippen LogP) is 4.40. The van der Waals surface area contributed by atoms with Crippen LogP contribution < -0.4 is 15.2 Å². The molecule has 1 aliphatic rings. The molecule has 1 aliphatic heterocycles. The number of hydrogen-bond acceptors (Lipinski definition) is 6. The van der Waals surface area contributed by atoms with E-state index < -0.39 is 0 Å². The number of rotatable bonds is 7. The summed E-state index contributed by atoms with van der Waals surface area (Å²) >= 11 is 0. The Morgan fingerprint density at radius 3 is 2.37 bits per heavy atom. The highest BCUT2D eigenvalue weighted by Gasteiger charge is 2.19. The van der Waals surface area contributed by atoms with Crippen molar-refractivity contribution in [3.05, 3.63) is 71.4 Å². The fourth-order valence-corrected chi connectivity index (χ4v) is 4.64. The SMILES string of the molecule is COc1ccccc1N1CCN(CCCCn2cnc3c(cnc4ccccc43)c2=O)CC1.Cl.Cl. The van der Waals surface area contributed by atoms with Crippen LogP contribution in [0.1, 0.15) is 12.8 Å². The Bertz CT molecular complexity index is 1320. The zero-order valence-corrected chi connectivity index (χ0v) is 21.4. The zero-order chi connectivity index (χ0) is 22.6. The number of aryl methyl sites for hydroxylation is 1. The smallest absolute Gasteiger partial charge is 0.262 e. The van der Waals surface area contributed by atoms with E-state index in [1.165, 1.54) is 5.69 Å². The van der Waals surface area contributed by atoms with Gasteiger partial charge in [0.2, 0.25) is 0 Å². The van der Waals surface area contributed by atoms with Crippen LogP contribution in [0.5, 0.6) is 5.75 Å². The summed E-state index contributed by atoms with van der Waals surface area (Å²) in [5.74, 6) is 0.934. The van der Waals surface area contributed by atoms with E-state index in [1.54, 1.807) is 24.2 Å². The van der Waals surface area contributed by atoms with Crippen LogP contribution in [0, 0.1) is 0 Å². The first kappa shape index (κ1) is 26.7. The number of hydrogen-bond donors (Lipinski definition) is 0. The maximum Gasteiger partial charge on any atom is 0.262 e. The normalized spacial score (nSPS) is 13.9. The molecule has 0 bridgehead atoms. The van der Waals surface area contributed by atoms with Crippen LogP contribution in [0.2, 0.25) is 0 Å². The fourth-order valence-electron chi connectivity index (χ4n) is 4.64. The van der Waals surface area contributed by atoms with E-state index in [1.807, 2.05) is 36.4 Å². The summed E-state index contributed by atoms with van der Waals surface area (Å²) in [5, 5.41) is 1.51. The number of ether oxygens (including phenoxy) is 1. The van der Waals surface area contributed by atoms with E-state index in [-0.39, 0.29) is 30.4 Å². The minimum absolute atomic E-state index is 0. The van der Waals surface area contributed by atoms with Crippen molar-refractivity contribution >= 4 is 52.3 Å². The Morgan fingerprint density at radius 1 is 0.857 bits per heavy atom. The first-order chi connectivity index (χ1) is 16.2. The van der Waals surface area contributed by atoms with E-state index >= 15 is 0 Å². The number of nitrogens with zero attached hydrogens (tertiary/aromatic N) is 5. The van der Waals surface area contributed by atoms with Gasteiger partial charge in [-0.3, -0.25) is 19.2 Å². The maximum absolute atomic E-state index is 12.9. The van der Waals surface area contributed by atoms with Crippen molar-refractivity contribution in [3.8, 4) is 5.75 Å². The molecule has 2 aromatic heterocycles. The third-order valence-electron chi connectivity index (χ3n) is 6.49. The first-order valence-corrected chi connectivity index (χ1v) is 11.6. The summed E-state index contributed by atoms with van der Waals surface area (Å²) in [5.41, 5.74) is 2.75. The molecule has 4 aromatic rings. The molecule has 0 radical (unpaired) electrons. The third-order valence-corrected chi connectivity index (χ3v) is 6.49. The molecule has 0 spiro atoms. The zero-order valence-electron chi connectivity index (χ0n) is 19.8. The monoisotopic (exact) mass is 515 g/mol. The molecule has 0 unspecified atom stereocenters. The number of benzene rings is 2. The molecule has 0 atom stereocenters.